The average Bonchev–Trinajstić information content (AvgIpc) is 3.54. The molecule has 2 aliphatic heterocycles. The second kappa shape index (κ2) is 8.52. The van der Waals surface area contributed by atoms with Crippen molar-refractivity contribution >= 4 is 22.9 Å². The number of piperidine rings is 1. The van der Waals surface area contributed by atoms with E-state index < -0.39 is 0 Å². The predicted molar refractivity (Wildman–Crippen MR) is 135 cm³/mol. The van der Waals surface area contributed by atoms with Crippen LogP contribution in [0.2, 0.25) is 0 Å². The Kier molecular flexibility index (Phi) is 5.44. The van der Waals surface area contributed by atoms with Crippen molar-refractivity contribution in [1.29, 1.82) is 0 Å². The molecule has 1 aliphatic carbocycles. The summed E-state index contributed by atoms with van der Waals surface area (Å²) in [5.74, 6) is 1.26. The number of carbonyl (C=O) groups is 1. The zero-order valence-electron chi connectivity index (χ0n) is 20.8. The van der Waals surface area contributed by atoms with Crippen molar-refractivity contribution in [2.45, 2.75) is 58.1 Å². The number of hydrogen-bond acceptors (Lipinski definition) is 5. The van der Waals surface area contributed by atoms with E-state index in [1.165, 1.54) is 5.69 Å². The van der Waals surface area contributed by atoms with Gasteiger partial charge in [-0.1, -0.05) is 13.0 Å². The van der Waals surface area contributed by atoms with Crippen LogP contribution in [0, 0.1) is 12.8 Å². The van der Waals surface area contributed by atoms with E-state index in [2.05, 4.69) is 41.8 Å². The number of allylic oxidation sites excluding steroid dienone is 1. The van der Waals surface area contributed by atoms with E-state index in [9.17, 15) is 9.90 Å². The largest absolute Gasteiger partial charge is 0.391 e. The first-order valence-electron chi connectivity index (χ1n) is 12.9. The minimum Gasteiger partial charge on any atom is -0.391 e. The van der Waals surface area contributed by atoms with Crippen molar-refractivity contribution in [2.75, 3.05) is 24.5 Å². The molecule has 3 aromatic heterocycles. The summed E-state index contributed by atoms with van der Waals surface area (Å²) in [5, 5.41) is 15.1. The quantitative estimate of drug-likeness (QED) is 0.630. The number of hydrogen-bond donors (Lipinski definition) is 1. The molecule has 1 N–H and O–H groups in total. The summed E-state index contributed by atoms with van der Waals surface area (Å²) in [6, 6.07) is 4.07. The highest BCUT2D eigenvalue weighted by Crippen LogP contribution is 2.36. The number of anilines is 1. The van der Waals surface area contributed by atoms with E-state index in [4.69, 9.17) is 10.1 Å². The third kappa shape index (κ3) is 3.75. The Balaban J connectivity index is 1.32. The molecule has 0 radical (unpaired) electrons. The number of aliphatic hydroxyl groups is 1. The number of aromatic nitrogens is 4. The summed E-state index contributed by atoms with van der Waals surface area (Å²) < 4.78 is 3.98. The van der Waals surface area contributed by atoms with Crippen LogP contribution in [-0.4, -0.2) is 60.8 Å². The van der Waals surface area contributed by atoms with Gasteiger partial charge in [0.15, 0.2) is 5.65 Å². The van der Waals surface area contributed by atoms with E-state index in [-0.39, 0.29) is 24.0 Å². The Labute approximate surface area is 205 Å². The molecule has 8 nitrogen and oxygen atoms in total. The van der Waals surface area contributed by atoms with Gasteiger partial charge in [-0.15, -0.1) is 0 Å². The summed E-state index contributed by atoms with van der Waals surface area (Å²) in [7, 11) is 2.05. The molecule has 3 aliphatic rings. The number of rotatable bonds is 3. The lowest BCUT2D eigenvalue weighted by Gasteiger charge is -2.35. The Morgan fingerprint density at radius 3 is 2.89 bits per heavy atom. The molecule has 0 unspecified atom stereocenters. The molecule has 5 heterocycles. The highest BCUT2D eigenvalue weighted by Gasteiger charge is 2.34. The fourth-order valence-corrected chi connectivity index (χ4v) is 6.05. The monoisotopic (exact) mass is 474 g/mol. The Morgan fingerprint density at radius 2 is 2.09 bits per heavy atom. The van der Waals surface area contributed by atoms with Crippen molar-refractivity contribution in [1.82, 2.24) is 24.1 Å². The minimum absolute atomic E-state index is 0.0506. The molecule has 184 valence electrons. The van der Waals surface area contributed by atoms with E-state index in [1.54, 1.807) is 0 Å². The van der Waals surface area contributed by atoms with Crippen LogP contribution in [0.4, 0.5) is 5.82 Å². The lowest BCUT2D eigenvalue weighted by Crippen LogP contribution is -2.39. The summed E-state index contributed by atoms with van der Waals surface area (Å²) >= 11 is 0. The number of carbonyl (C=O) groups excluding carboxylic acids is 1. The number of amides is 1. The average molecular weight is 475 g/mol. The second-order valence-electron chi connectivity index (χ2n) is 10.5. The topological polar surface area (TPSA) is 78.9 Å². The highest BCUT2D eigenvalue weighted by atomic mass is 16.3. The highest BCUT2D eigenvalue weighted by molar-refractivity contribution is 6.20. The van der Waals surface area contributed by atoms with Crippen molar-refractivity contribution in [2.24, 2.45) is 13.0 Å². The van der Waals surface area contributed by atoms with Gasteiger partial charge in [-0.3, -0.25) is 4.79 Å². The number of β-amino-alcohol motifs (C(OH)–C–C–N with tert-alkyl or cyclic N) is 1. The van der Waals surface area contributed by atoms with E-state index in [0.29, 0.717) is 6.54 Å². The fourth-order valence-electron chi connectivity index (χ4n) is 6.05. The van der Waals surface area contributed by atoms with Crippen LogP contribution in [0.25, 0.3) is 11.2 Å². The third-order valence-electron chi connectivity index (χ3n) is 8.05. The molecule has 3 aromatic rings. The number of nitrogens with zero attached hydrogens (tertiary/aromatic N) is 6. The van der Waals surface area contributed by atoms with Crippen LogP contribution < -0.4 is 4.90 Å². The van der Waals surface area contributed by atoms with Gasteiger partial charge < -0.3 is 19.5 Å². The Bertz CT molecular complexity index is 1310. The molecule has 3 atom stereocenters. The zero-order valence-corrected chi connectivity index (χ0v) is 20.8. The predicted octanol–water partition coefficient (Wildman–Crippen LogP) is 3.28. The minimum atomic E-state index is -0.325. The molecule has 6 rings (SSSR count). The van der Waals surface area contributed by atoms with Gasteiger partial charge in [-0.05, 0) is 45.1 Å². The van der Waals surface area contributed by atoms with Gasteiger partial charge in [0, 0.05) is 73.5 Å². The summed E-state index contributed by atoms with van der Waals surface area (Å²) in [6.07, 6.45) is 10.7. The van der Waals surface area contributed by atoms with Gasteiger partial charge in [0.05, 0.1) is 17.8 Å². The standard InChI is InChI=1S/C27H34N6O2/c1-17-14-31(16-24(17)34)26-18(2)15-33-25(28-26)13-21(29-33)23-8-4-5-11-32(23)27(35)20-7-6-9-22-19(20)10-12-30(22)3/h7,10,12-13,15,17,23-24,34H,4-6,8-9,11,14,16H2,1-3H3/t17-,23+,24+/m1/s1. The zero-order chi connectivity index (χ0) is 24.3. The lowest BCUT2D eigenvalue weighted by molar-refractivity contribution is -0.128. The number of aryl methyl sites for hydroxylation is 2. The normalized spacial score (nSPS) is 24.7. The van der Waals surface area contributed by atoms with Crippen LogP contribution in [0.1, 0.15) is 61.2 Å². The molecule has 0 spiro atoms. The van der Waals surface area contributed by atoms with Crippen LogP contribution >= 0.6 is 0 Å². The molecule has 2 saturated heterocycles. The summed E-state index contributed by atoms with van der Waals surface area (Å²) in [6.45, 7) is 6.27. The molecule has 0 bridgehead atoms. The summed E-state index contributed by atoms with van der Waals surface area (Å²) in [5.41, 5.74) is 5.88. The molecular weight excluding hydrogens is 440 g/mol. The van der Waals surface area contributed by atoms with Gasteiger partial charge in [0.1, 0.15) is 5.82 Å². The molecule has 0 aromatic carbocycles. The van der Waals surface area contributed by atoms with Crippen molar-refractivity contribution in [3.63, 3.8) is 0 Å². The molecule has 35 heavy (non-hydrogen) atoms. The molecule has 0 saturated carbocycles. The van der Waals surface area contributed by atoms with Crippen LogP contribution in [0.3, 0.4) is 0 Å². The Hall–Kier alpha value is -3.13. The molecule has 2 fully saturated rings. The van der Waals surface area contributed by atoms with Crippen molar-refractivity contribution in [3.8, 4) is 0 Å². The first kappa shape index (κ1) is 22.3. The first-order valence-corrected chi connectivity index (χ1v) is 12.9. The van der Waals surface area contributed by atoms with Crippen molar-refractivity contribution in [3.05, 3.63) is 53.1 Å². The number of aliphatic hydroxyl groups excluding tert-OH is 1. The lowest BCUT2D eigenvalue weighted by atomic mass is 9.92. The van der Waals surface area contributed by atoms with Crippen LogP contribution in [-0.2, 0) is 18.3 Å². The Morgan fingerprint density at radius 1 is 1.23 bits per heavy atom. The van der Waals surface area contributed by atoms with Gasteiger partial charge in [-0.25, -0.2) is 9.50 Å². The molecular formula is C27H34N6O2. The van der Waals surface area contributed by atoms with Crippen LogP contribution in [0.5, 0.6) is 0 Å². The maximum Gasteiger partial charge on any atom is 0.254 e. The van der Waals surface area contributed by atoms with Gasteiger partial charge in [-0.2, -0.15) is 5.10 Å². The first-order chi connectivity index (χ1) is 16.9. The third-order valence-corrected chi connectivity index (χ3v) is 8.05. The van der Waals surface area contributed by atoms with Gasteiger partial charge in [0.2, 0.25) is 0 Å². The smallest absolute Gasteiger partial charge is 0.254 e. The molecule has 8 heteroatoms. The molecule has 1 amide bonds. The maximum atomic E-state index is 13.8. The summed E-state index contributed by atoms with van der Waals surface area (Å²) in [4.78, 5) is 23.0. The van der Waals surface area contributed by atoms with Crippen molar-refractivity contribution < 1.29 is 9.90 Å². The number of likely N-dealkylation sites (tertiary alicyclic amines) is 1. The number of fused-ring (bicyclic) bond motifs is 2. The van der Waals surface area contributed by atoms with Gasteiger partial charge >= 0.3 is 0 Å². The SMILES string of the molecule is Cc1cn2nc([C@@H]3CCCCN3C(=O)C3=CCCc4c3ccn4C)cc2nc1N1C[C@@H](C)[C@@H](O)C1. The second-order valence-corrected chi connectivity index (χ2v) is 10.5. The van der Waals surface area contributed by atoms with E-state index in [0.717, 1.165) is 79.1 Å². The fraction of sp³-hybridized carbons (Fsp3) is 0.519. The van der Waals surface area contributed by atoms with E-state index >= 15 is 0 Å². The van der Waals surface area contributed by atoms with Gasteiger partial charge in [0.25, 0.3) is 5.91 Å². The maximum absolute atomic E-state index is 13.8. The van der Waals surface area contributed by atoms with E-state index in [1.807, 2.05) is 28.6 Å². The van der Waals surface area contributed by atoms with Crippen LogP contribution in [0.15, 0.2) is 30.6 Å².